The summed E-state index contributed by atoms with van der Waals surface area (Å²) in [7, 11) is -3.70. The summed E-state index contributed by atoms with van der Waals surface area (Å²) in [4.78, 5) is 0.112. The van der Waals surface area contributed by atoms with Crippen LogP contribution >= 0.6 is 0 Å². The maximum Gasteiger partial charge on any atom is 0.265 e. The number of nitrogens with two attached hydrogens (primary N) is 1. The molecule has 2 rings (SSSR count). The largest absolute Gasteiger partial charge is 0.320 e. The van der Waals surface area contributed by atoms with E-state index in [2.05, 4.69) is 26.8 Å². The Labute approximate surface area is 123 Å². The first kappa shape index (κ1) is 15.1. The third-order valence-corrected chi connectivity index (χ3v) is 4.30. The van der Waals surface area contributed by atoms with E-state index in [1.807, 2.05) is 19.1 Å². The van der Waals surface area contributed by atoms with E-state index in [1.54, 1.807) is 13.0 Å². The molecular formula is C14H16N4O2S. The Bertz CT molecular complexity index is 813. The number of nitrogens with one attached hydrogen (secondary N) is 2. The van der Waals surface area contributed by atoms with Gasteiger partial charge in [-0.1, -0.05) is 17.9 Å². The molecule has 0 amide bonds. The highest BCUT2D eigenvalue weighted by Crippen LogP contribution is 2.21. The summed E-state index contributed by atoms with van der Waals surface area (Å²) in [5.41, 5.74) is 7.83. The first-order valence-corrected chi connectivity index (χ1v) is 7.75. The lowest BCUT2D eigenvalue weighted by atomic mass is 10.1. The van der Waals surface area contributed by atoms with Gasteiger partial charge in [-0.2, -0.15) is 5.10 Å². The normalized spacial score (nSPS) is 10.8. The van der Waals surface area contributed by atoms with Gasteiger partial charge in [-0.15, -0.1) is 0 Å². The molecule has 4 N–H and O–H groups in total. The zero-order valence-corrected chi connectivity index (χ0v) is 12.6. The van der Waals surface area contributed by atoms with Crippen LogP contribution in [0.1, 0.15) is 16.8 Å². The first-order chi connectivity index (χ1) is 9.94. The summed E-state index contributed by atoms with van der Waals surface area (Å²) >= 11 is 0. The van der Waals surface area contributed by atoms with Crippen molar-refractivity contribution in [3.05, 3.63) is 41.2 Å². The molecule has 0 radical (unpaired) electrons. The standard InChI is InChI=1S/C14H16N4O2S/c1-10-5-6-13(12(8-10)4-3-7-15)18-21(19,20)14-9-16-17-11(14)2/h5-6,8-9,18H,7,15H2,1-2H3,(H,16,17). The molecule has 0 fully saturated rings. The summed E-state index contributed by atoms with van der Waals surface area (Å²) in [6, 6.07) is 5.30. The number of nitrogens with zero attached hydrogens (tertiary/aromatic N) is 1. The van der Waals surface area contributed by atoms with Gasteiger partial charge < -0.3 is 5.73 Å². The summed E-state index contributed by atoms with van der Waals surface area (Å²) in [5, 5.41) is 6.33. The summed E-state index contributed by atoms with van der Waals surface area (Å²) in [6.45, 7) is 3.76. The van der Waals surface area contributed by atoms with Gasteiger partial charge in [-0.3, -0.25) is 9.82 Å². The maximum absolute atomic E-state index is 12.4. The third-order valence-electron chi connectivity index (χ3n) is 2.82. The predicted molar refractivity (Wildman–Crippen MR) is 81.2 cm³/mol. The molecule has 0 aliphatic heterocycles. The van der Waals surface area contributed by atoms with E-state index in [0.717, 1.165) is 5.56 Å². The molecule has 110 valence electrons. The lowest BCUT2D eigenvalue weighted by Gasteiger charge is -2.10. The molecule has 1 heterocycles. The molecule has 0 atom stereocenters. The van der Waals surface area contributed by atoms with E-state index in [1.165, 1.54) is 6.20 Å². The van der Waals surface area contributed by atoms with Crippen molar-refractivity contribution < 1.29 is 8.42 Å². The Balaban J connectivity index is 2.42. The van der Waals surface area contributed by atoms with Crippen LogP contribution in [0.5, 0.6) is 0 Å². The summed E-state index contributed by atoms with van der Waals surface area (Å²) < 4.78 is 27.2. The van der Waals surface area contributed by atoms with Crippen molar-refractivity contribution in [1.29, 1.82) is 0 Å². The Morgan fingerprint density at radius 3 is 2.76 bits per heavy atom. The summed E-state index contributed by atoms with van der Waals surface area (Å²) in [5.74, 6) is 5.60. The van der Waals surface area contributed by atoms with E-state index in [0.29, 0.717) is 16.9 Å². The molecule has 1 aromatic heterocycles. The van der Waals surface area contributed by atoms with Crippen LogP contribution in [0.3, 0.4) is 0 Å². The van der Waals surface area contributed by atoms with Crippen LogP contribution in [-0.2, 0) is 10.0 Å². The maximum atomic E-state index is 12.4. The Morgan fingerprint density at radius 2 is 2.14 bits per heavy atom. The third kappa shape index (κ3) is 3.42. The highest BCUT2D eigenvalue weighted by molar-refractivity contribution is 7.92. The van der Waals surface area contributed by atoms with Gasteiger partial charge >= 0.3 is 0 Å². The molecule has 0 unspecified atom stereocenters. The van der Waals surface area contributed by atoms with E-state index in [9.17, 15) is 8.42 Å². The lowest BCUT2D eigenvalue weighted by molar-refractivity contribution is 0.600. The molecule has 21 heavy (non-hydrogen) atoms. The van der Waals surface area contributed by atoms with Gasteiger partial charge in [0.25, 0.3) is 10.0 Å². The highest BCUT2D eigenvalue weighted by Gasteiger charge is 2.19. The van der Waals surface area contributed by atoms with E-state index < -0.39 is 10.0 Å². The first-order valence-electron chi connectivity index (χ1n) is 6.26. The minimum atomic E-state index is -3.70. The average Bonchev–Trinajstić information content (AvgIpc) is 2.86. The number of benzene rings is 1. The van der Waals surface area contributed by atoms with E-state index >= 15 is 0 Å². The summed E-state index contributed by atoms with van der Waals surface area (Å²) in [6.07, 6.45) is 1.27. The fourth-order valence-corrected chi connectivity index (χ4v) is 3.02. The average molecular weight is 304 g/mol. The molecule has 0 bridgehead atoms. The SMILES string of the molecule is Cc1ccc(NS(=O)(=O)c2cn[nH]c2C)c(C#CCN)c1. The topological polar surface area (TPSA) is 101 Å². The second kappa shape index (κ2) is 5.99. The van der Waals surface area contributed by atoms with Crippen molar-refractivity contribution in [2.75, 3.05) is 11.3 Å². The van der Waals surface area contributed by atoms with Gasteiger partial charge in [0.05, 0.1) is 24.1 Å². The number of anilines is 1. The van der Waals surface area contributed by atoms with Crippen molar-refractivity contribution in [3.8, 4) is 11.8 Å². The van der Waals surface area contributed by atoms with Crippen molar-refractivity contribution >= 4 is 15.7 Å². The molecule has 7 heteroatoms. The fraction of sp³-hybridized carbons (Fsp3) is 0.214. The van der Waals surface area contributed by atoms with Crippen molar-refractivity contribution in [2.45, 2.75) is 18.7 Å². The van der Waals surface area contributed by atoms with Crippen LogP contribution in [0.4, 0.5) is 5.69 Å². The minimum Gasteiger partial charge on any atom is -0.320 e. The number of H-pyrrole nitrogens is 1. The van der Waals surface area contributed by atoms with Crippen molar-refractivity contribution in [2.24, 2.45) is 5.73 Å². The van der Waals surface area contributed by atoms with Crippen molar-refractivity contribution in [3.63, 3.8) is 0 Å². The highest BCUT2D eigenvalue weighted by atomic mass is 32.2. The van der Waals surface area contributed by atoms with E-state index in [-0.39, 0.29) is 11.4 Å². The van der Waals surface area contributed by atoms with Gasteiger partial charge in [-0.25, -0.2) is 8.42 Å². The molecular weight excluding hydrogens is 288 g/mol. The van der Waals surface area contributed by atoms with Crippen LogP contribution < -0.4 is 10.5 Å². The number of hydrogen-bond acceptors (Lipinski definition) is 4. The Hall–Kier alpha value is -2.30. The van der Waals surface area contributed by atoms with Gasteiger partial charge in [0.2, 0.25) is 0 Å². The van der Waals surface area contributed by atoms with E-state index in [4.69, 9.17) is 5.73 Å². The second-order valence-electron chi connectivity index (χ2n) is 4.52. The smallest absolute Gasteiger partial charge is 0.265 e. The molecule has 1 aromatic carbocycles. The number of rotatable bonds is 3. The zero-order chi connectivity index (χ0) is 15.5. The number of aromatic nitrogens is 2. The number of aryl methyl sites for hydroxylation is 2. The quantitative estimate of drug-likeness (QED) is 0.740. The molecule has 2 aromatic rings. The molecule has 0 aliphatic rings. The van der Waals surface area contributed by atoms with Crippen LogP contribution in [-0.4, -0.2) is 25.2 Å². The van der Waals surface area contributed by atoms with Gasteiger partial charge in [0.15, 0.2) is 0 Å². The van der Waals surface area contributed by atoms with Crippen LogP contribution in [0.15, 0.2) is 29.3 Å². The fourth-order valence-electron chi connectivity index (χ4n) is 1.81. The van der Waals surface area contributed by atoms with Gasteiger partial charge in [-0.05, 0) is 31.5 Å². The number of aromatic amines is 1. The van der Waals surface area contributed by atoms with Crippen LogP contribution in [0, 0.1) is 25.7 Å². The van der Waals surface area contributed by atoms with Gasteiger partial charge in [0.1, 0.15) is 4.90 Å². The zero-order valence-electron chi connectivity index (χ0n) is 11.8. The molecule has 0 saturated carbocycles. The number of hydrogen-bond donors (Lipinski definition) is 3. The predicted octanol–water partition coefficient (Wildman–Crippen LogP) is 1.14. The molecule has 6 nitrogen and oxygen atoms in total. The Kier molecular flexibility index (Phi) is 4.31. The minimum absolute atomic E-state index is 0.112. The second-order valence-corrected chi connectivity index (χ2v) is 6.17. The van der Waals surface area contributed by atoms with Crippen molar-refractivity contribution in [1.82, 2.24) is 10.2 Å². The van der Waals surface area contributed by atoms with Crippen LogP contribution in [0.25, 0.3) is 0 Å². The number of sulfonamides is 1. The monoisotopic (exact) mass is 304 g/mol. The molecule has 0 spiro atoms. The van der Waals surface area contributed by atoms with Gasteiger partial charge in [0, 0.05) is 5.56 Å². The Morgan fingerprint density at radius 1 is 1.38 bits per heavy atom. The van der Waals surface area contributed by atoms with Crippen LogP contribution in [0.2, 0.25) is 0 Å². The molecule has 0 saturated heterocycles. The lowest BCUT2D eigenvalue weighted by Crippen LogP contribution is -2.14. The molecule has 0 aliphatic carbocycles.